The van der Waals surface area contributed by atoms with Crippen LogP contribution in [0.4, 0.5) is 20.6 Å². The summed E-state index contributed by atoms with van der Waals surface area (Å²) in [5.41, 5.74) is 2.01. The normalized spacial score (nSPS) is 10.3. The van der Waals surface area contributed by atoms with Gasteiger partial charge < -0.3 is 15.4 Å². The first-order valence-corrected chi connectivity index (χ1v) is 7.29. The van der Waals surface area contributed by atoms with Crippen molar-refractivity contribution in [3.63, 3.8) is 0 Å². The molecule has 0 atom stereocenters. The van der Waals surface area contributed by atoms with E-state index in [1.165, 1.54) is 18.2 Å². The summed E-state index contributed by atoms with van der Waals surface area (Å²) in [4.78, 5) is 20.4. The summed E-state index contributed by atoms with van der Waals surface area (Å²) in [7, 11) is 0. The van der Waals surface area contributed by atoms with Crippen molar-refractivity contribution >= 4 is 29.0 Å². The Morgan fingerprint density at radius 3 is 2.48 bits per heavy atom. The van der Waals surface area contributed by atoms with E-state index in [4.69, 9.17) is 16.3 Å². The van der Waals surface area contributed by atoms with Gasteiger partial charge in [0.25, 0.3) is 0 Å². The molecule has 6 nitrogen and oxygen atoms in total. The molecule has 0 fully saturated rings. The van der Waals surface area contributed by atoms with Crippen molar-refractivity contribution in [3.05, 3.63) is 40.4 Å². The van der Waals surface area contributed by atoms with Crippen LogP contribution in [0.5, 0.6) is 6.01 Å². The van der Waals surface area contributed by atoms with Gasteiger partial charge in [0.05, 0.1) is 28.7 Å². The molecule has 0 unspecified atom stereocenters. The number of ether oxygens (including phenoxy) is 1. The van der Waals surface area contributed by atoms with Gasteiger partial charge in [-0.1, -0.05) is 11.6 Å². The van der Waals surface area contributed by atoms with E-state index in [0.29, 0.717) is 29.4 Å². The van der Waals surface area contributed by atoms with Gasteiger partial charge in [-0.2, -0.15) is 9.97 Å². The summed E-state index contributed by atoms with van der Waals surface area (Å²) in [6.07, 6.45) is 0. The lowest BCUT2D eigenvalue weighted by Crippen LogP contribution is -2.21. The monoisotopic (exact) mass is 338 g/mol. The van der Waals surface area contributed by atoms with Crippen molar-refractivity contribution in [3.8, 4) is 6.01 Å². The Balaban J connectivity index is 2.12. The first-order valence-electron chi connectivity index (χ1n) is 6.91. The fourth-order valence-electron chi connectivity index (χ4n) is 1.91. The zero-order valence-corrected chi connectivity index (χ0v) is 13.7. The minimum Gasteiger partial charge on any atom is -0.464 e. The molecule has 2 rings (SSSR count). The van der Waals surface area contributed by atoms with Gasteiger partial charge in [0.1, 0.15) is 5.82 Å². The minimum atomic E-state index is -0.552. The molecule has 0 bridgehead atoms. The number of halogens is 2. The second-order valence-corrected chi connectivity index (χ2v) is 5.10. The lowest BCUT2D eigenvalue weighted by Gasteiger charge is -2.13. The summed E-state index contributed by atoms with van der Waals surface area (Å²) in [5.74, 6) is -0.552. The molecule has 0 spiro atoms. The highest BCUT2D eigenvalue weighted by molar-refractivity contribution is 6.31. The van der Waals surface area contributed by atoms with E-state index in [2.05, 4.69) is 20.6 Å². The lowest BCUT2D eigenvalue weighted by atomic mass is 10.3. The number of amides is 2. The van der Waals surface area contributed by atoms with E-state index in [9.17, 15) is 9.18 Å². The van der Waals surface area contributed by atoms with Gasteiger partial charge in [-0.3, -0.25) is 0 Å². The van der Waals surface area contributed by atoms with E-state index in [0.717, 1.165) is 0 Å². The molecule has 0 aliphatic carbocycles. The number of aromatic nitrogens is 2. The van der Waals surface area contributed by atoms with Crippen molar-refractivity contribution < 1.29 is 13.9 Å². The fourth-order valence-corrected chi connectivity index (χ4v) is 2.09. The third-order valence-electron chi connectivity index (χ3n) is 2.94. The number of hydrogen-bond acceptors (Lipinski definition) is 4. The molecule has 0 aliphatic heterocycles. The van der Waals surface area contributed by atoms with Crippen LogP contribution in [0, 0.1) is 19.7 Å². The topological polar surface area (TPSA) is 76.1 Å². The fraction of sp³-hybridized carbons (Fsp3) is 0.267. The van der Waals surface area contributed by atoms with Crippen LogP contribution in [0.15, 0.2) is 18.2 Å². The van der Waals surface area contributed by atoms with Crippen molar-refractivity contribution in [2.24, 2.45) is 0 Å². The minimum absolute atomic E-state index is 0.0699. The maximum Gasteiger partial charge on any atom is 0.323 e. The van der Waals surface area contributed by atoms with Crippen molar-refractivity contribution in [1.29, 1.82) is 0 Å². The molecular weight excluding hydrogens is 323 g/mol. The Morgan fingerprint density at radius 2 is 1.91 bits per heavy atom. The van der Waals surface area contributed by atoms with Gasteiger partial charge in [0.15, 0.2) is 0 Å². The molecule has 0 aliphatic rings. The molecule has 122 valence electrons. The molecule has 2 amide bonds. The Morgan fingerprint density at radius 1 is 1.26 bits per heavy atom. The number of hydrogen-bond donors (Lipinski definition) is 2. The quantitative estimate of drug-likeness (QED) is 0.885. The second-order valence-electron chi connectivity index (χ2n) is 4.69. The number of anilines is 2. The van der Waals surface area contributed by atoms with E-state index in [-0.39, 0.29) is 11.0 Å². The number of nitrogens with one attached hydrogen (secondary N) is 2. The molecule has 0 saturated carbocycles. The largest absolute Gasteiger partial charge is 0.464 e. The van der Waals surface area contributed by atoms with Gasteiger partial charge in [0.2, 0.25) is 0 Å². The Kier molecular flexibility index (Phi) is 5.33. The molecule has 1 aromatic heterocycles. The van der Waals surface area contributed by atoms with Gasteiger partial charge in [-0.25, -0.2) is 9.18 Å². The number of rotatable bonds is 4. The van der Waals surface area contributed by atoms with Crippen molar-refractivity contribution in [1.82, 2.24) is 9.97 Å². The standard InChI is InChI=1S/C15H16ClFN4O2/c1-4-23-15-18-8(2)13(9(3)19-15)21-14(22)20-10-5-6-12(17)11(16)7-10/h5-7H,4H2,1-3H3,(H2,20,21,22). The van der Waals surface area contributed by atoms with Gasteiger partial charge >= 0.3 is 12.0 Å². The maximum absolute atomic E-state index is 13.1. The molecule has 2 aromatic rings. The highest BCUT2D eigenvalue weighted by Gasteiger charge is 2.12. The van der Waals surface area contributed by atoms with Crippen LogP contribution in [-0.2, 0) is 0 Å². The summed E-state index contributed by atoms with van der Waals surface area (Å²) in [6.45, 7) is 5.77. The predicted octanol–water partition coefficient (Wildman–Crippen LogP) is 3.93. The van der Waals surface area contributed by atoms with E-state index in [1.54, 1.807) is 13.8 Å². The van der Waals surface area contributed by atoms with Crippen LogP contribution in [0.2, 0.25) is 5.02 Å². The second kappa shape index (κ2) is 7.23. The van der Waals surface area contributed by atoms with E-state index in [1.807, 2.05) is 6.92 Å². The number of nitrogens with zero attached hydrogens (tertiary/aromatic N) is 2. The predicted molar refractivity (Wildman–Crippen MR) is 86.7 cm³/mol. The Hall–Kier alpha value is -2.41. The van der Waals surface area contributed by atoms with Crippen molar-refractivity contribution in [2.45, 2.75) is 20.8 Å². The molecule has 0 saturated heterocycles. The van der Waals surface area contributed by atoms with E-state index < -0.39 is 11.8 Å². The first-order chi connectivity index (χ1) is 10.9. The van der Waals surface area contributed by atoms with Crippen LogP contribution < -0.4 is 15.4 Å². The number of benzene rings is 1. The van der Waals surface area contributed by atoms with Crippen LogP contribution in [0.3, 0.4) is 0 Å². The molecule has 8 heteroatoms. The Bertz CT molecular complexity index is 716. The smallest absolute Gasteiger partial charge is 0.323 e. The number of aryl methyl sites for hydroxylation is 2. The number of carbonyl (C=O) groups excluding carboxylic acids is 1. The molecule has 1 heterocycles. The molecule has 0 radical (unpaired) electrons. The Labute approximate surface area is 138 Å². The number of urea groups is 1. The molecule has 23 heavy (non-hydrogen) atoms. The van der Waals surface area contributed by atoms with Crippen LogP contribution in [0.25, 0.3) is 0 Å². The third-order valence-corrected chi connectivity index (χ3v) is 3.23. The lowest BCUT2D eigenvalue weighted by molar-refractivity contribution is 0.262. The van der Waals surface area contributed by atoms with E-state index >= 15 is 0 Å². The SMILES string of the molecule is CCOc1nc(C)c(NC(=O)Nc2ccc(F)c(Cl)c2)c(C)n1. The van der Waals surface area contributed by atoms with Gasteiger partial charge in [0, 0.05) is 5.69 Å². The highest BCUT2D eigenvalue weighted by Crippen LogP contribution is 2.22. The summed E-state index contributed by atoms with van der Waals surface area (Å²) in [6, 6.07) is 3.67. The number of carbonyl (C=O) groups is 1. The average molecular weight is 339 g/mol. The zero-order chi connectivity index (χ0) is 17.0. The van der Waals surface area contributed by atoms with Crippen molar-refractivity contribution in [2.75, 3.05) is 17.2 Å². The molecular formula is C15H16ClFN4O2. The first kappa shape index (κ1) is 17.0. The van der Waals surface area contributed by atoms with Gasteiger partial charge in [-0.05, 0) is 39.0 Å². The van der Waals surface area contributed by atoms with Crippen LogP contribution >= 0.6 is 11.6 Å². The van der Waals surface area contributed by atoms with Gasteiger partial charge in [-0.15, -0.1) is 0 Å². The highest BCUT2D eigenvalue weighted by atomic mass is 35.5. The van der Waals surface area contributed by atoms with Crippen LogP contribution in [-0.4, -0.2) is 22.6 Å². The average Bonchev–Trinajstić information content (AvgIpc) is 2.47. The zero-order valence-electron chi connectivity index (χ0n) is 12.9. The maximum atomic E-state index is 13.1. The summed E-state index contributed by atoms with van der Waals surface area (Å²) < 4.78 is 18.3. The molecule has 2 N–H and O–H groups in total. The summed E-state index contributed by atoms with van der Waals surface area (Å²) >= 11 is 5.67. The van der Waals surface area contributed by atoms with Crippen LogP contribution in [0.1, 0.15) is 18.3 Å². The molecule has 1 aromatic carbocycles. The summed E-state index contributed by atoms with van der Waals surface area (Å²) in [5, 5.41) is 5.16. The third kappa shape index (κ3) is 4.29.